The third kappa shape index (κ3) is 1.86. The zero-order valence-corrected chi connectivity index (χ0v) is 12.1. The molecule has 2 atom stereocenters. The average Bonchev–Trinajstić information content (AvgIpc) is 2.35. The molecule has 2 unspecified atom stereocenters. The zero-order chi connectivity index (χ0) is 13.6. The Labute approximate surface area is 109 Å². The Morgan fingerprint density at radius 3 is 2.67 bits per heavy atom. The molecule has 0 radical (unpaired) electrons. The molecule has 2 fully saturated rings. The van der Waals surface area contributed by atoms with Gasteiger partial charge in [-0.3, -0.25) is 4.79 Å². The highest BCUT2D eigenvalue weighted by Crippen LogP contribution is 2.36. The van der Waals surface area contributed by atoms with Crippen LogP contribution in [-0.2, 0) is 14.8 Å². The van der Waals surface area contributed by atoms with E-state index in [1.807, 2.05) is 0 Å². The number of amides is 1. The molecule has 1 amide bonds. The first kappa shape index (κ1) is 13.8. The van der Waals surface area contributed by atoms with Crippen LogP contribution in [0.2, 0.25) is 0 Å². The molecular weight excluding hydrogens is 252 g/mol. The minimum atomic E-state index is -3.44. The number of sulfonamides is 1. The molecule has 2 heterocycles. The summed E-state index contributed by atoms with van der Waals surface area (Å²) in [5.41, 5.74) is 0. The summed E-state index contributed by atoms with van der Waals surface area (Å²) in [4.78, 5) is 11.9. The maximum atomic E-state index is 12.0. The van der Waals surface area contributed by atoms with Gasteiger partial charge in [0.2, 0.25) is 0 Å². The SMILES string of the molecule is CCC1CCCNC1CN1C(=O)C(C)(C)S1(=O)=O. The molecule has 104 valence electrons. The summed E-state index contributed by atoms with van der Waals surface area (Å²) in [6.45, 7) is 6.27. The number of hydrogen-bond acceptors (Lipinski definition) is 4. The molecule has 1 N–H and O–H groups in total. The molecule has 18 heavy (non-hydrogen) atoms. The van der Waals surface area contributed by atoms with Crippen molar-refractivity contribution in [2.24, 2.45) is 5.92 Å². The van der Waals surface area contributed by atoms with Crippen molar-refractivity contribution in [2.45, 2.75) is 50.8 Å². The second kappa shape index (κ2) is 4.49. The van der Waals surface area contributed by atoms with Crippen molar-refractivity contribution in [3.63, 3.8) is 0 Å². The van der Waals surface area contributed by atoms with Crippen LogP contribution in [0.5, 0.6) is 0 Å². The van der Waals surface area contributed by atoms with E-state index in [0.717, 1.165) is 30.1 Å². The van der Waals surface area contributed by atoms with Crippen LogP contribution in [0.1, 0.15) is 40.0 Å². The Morgan fingerprint density at radius 2 is 2.11 bits per heavy atom. The third-order valence-corrected chi connectivity index (χ3v) is 6.65. The van der Waals surface area contributed by atoms with E-state index in [4.69, 9.17) is 0 Å². The Balaban J connectivity index is 2.09. The first-order chi connectivity index (χ1) is 8.32. The Bertz CT molecular complexity index is 444. The fourth-order valence-corrected chi connectivity index (χ4v) is 4.39. The number of piperidine rings is 1. The van der Waals surface area contributed by atoms with Crippen LogP contribution in [-0.4, -0.2) is 42.5 Å². The first-order valence-corrected chi connectivity index (χ1v) is 8.06. The Morgan fingerprint density at radius 1 is 1.44 bits per heavy atom. The second-order valence-electron chi connectivity index (χ2n) is 5.72. The van der Waals surface area contributed by atoms with Gasteiger partial charge >= 0.3 is 0 Å². The number of hydrogen-bond donors (Lipinski definition) is 1. The fraction of sp³-hybridized carbons (Fsp3) is 0.917. The Kier molecular flexibility index (Phi) is 3.44. The maximum absolute atomic E-state index is 12.0. The van der Waals surface area contributed by atoms with Gasteiger partial charge in [0.1, 0.15) is 0 Å². The van der Waals surface area contributed by atoms with Crippen molar-refractivity contribution in [3.05, 3.63) is 0 Å². The normalized spacial score (nSPS) is 34.2. The summed E-state index contributed by atoms with van der Waals surface area (Å²) < 4.78 is 23.9. The lowest BCUT2D eigenvalue weighted by molar-refractivity contribution is -0.132. The largest absolute Gasteiger partial charge is 0.312 e. The van der Waals surface area contributed by atoms with Crippen molar-refractivity contribution >= 4 is 15.9 Å². The van der Waals surface area contributed by atoms with Crippen LogP contribution >= 0.6 is 0 Å². The highest BCUT2D eigenvalue weighted by molar-refractivity contribution is 7.94. The maximum Gasteiger partial charge on any atom is 0.258 e. The fourth-order valence-electron chi connectivity index (χ4n) is 2.84. The zero-order valence-electron chi connectivity index (χ0n) is 11.3. The molecule has 0 bridgehead atoms. The van der Waals surface area contributed by atoms with Gasteiger partial charge in [0.05, 0.1) is 6.54 Å². The smallest absolute Gasteiger partial charge is 0.258 e. The summed E-state index contributed by atoms with van der Waals surface area (Å²) in [6, 6.07) is 0.110. The molecule has 0 saturated carbocycles. The summed E-state index contributed by atoms with van der Waals surface area (Å²) in [5, 5.41) is 3.35. The molecule has 6 heteroatoms. The van der Waals surface area contributed by atoms with Gasteiger partial charge < -0.3 is 5.32 Å². The van der Waals surface area contributed by atoms with Gasteiger partial charge in [-0.25, -0.2) is 12.7 Å². The third-order valence-electron chi connectivity index (χ3n) is 4.29. The van der Waals surface area contributed by atoms with Crippen LogP contribution < -0.4 is 5.32 Å². The quantitative estimate of drug-likeness (QED) is 0.823. The number of carbonyl (C=O) groups excluding carboxylic acids is 1. The lowest BCUT2D eigenvalue weighted by Crippen LogP contribution is -2.69. The van der Waals surface area contributed by atoms with Gasteiger partial charge in [0.15, 0.2) is 4.75 Å². The van der Waals surface area contributed by atoms with Gasteiger partial charge in [0.25, 0.3) is 15.9 Å². The van der Waals surface area contributed by atoms with E-state index in [1.165, 1.54) is 13.8 Å². The summed E-state index contributed by atoms with van der Waals surface area (Å²) >= 11 is 0. The van der Waals surface area contributed by atoms with Crippen LogP contribution in [0, 0.1) is 5.92 Å². The van der Waals surface area contributed by atoms with Crippen LogP contribution in [0.3, 0.4) is 0 Å². The Hall–Kier alpha value is -0.620. The van der Waals surface area contributed by atoms with Crippen molar-refractivity contribution in [1.29, 1.82) is 0 Å². The molecule has 2 rings (SSSR count). The van der Waals surface area contributed by atoms with Crippen LogP contribution in [0.25, 0.3) is 0 Å². The summed E-state index contributed by atoms with van der Waals surface area (Å²) in [5.74, 6) is 0.190. The van der Waals surface area contributed by atoms with Crippen molar-refractivity contribution in [2.75, 3.05) is 13.1 Å². The van der Waals surface area contributed by atoms with E-state index in [2.05, 4.69) is 12.2 Å². The van der Waals surface area contributed by atoms with Gasteiger partial charge in [-0.15, -0.1) is 0 Å². The predicted octanol–water partition coefficient (Wildman–Crippen LogP) is 0.715. The molecule has 2 saturated heterocycles. The topological polar surface area (TPSA) is 66.5 Å². The van der Waals surface area contributed by atoms with E-state index in [-0.39, 0.29) is 11.9 Å². The van der Waals surface area contributed by atoms with Crippen LogP contribution in [0.4, 0.5) is 0 Å². The molecule has 2 aliphatic heterocycles. The lowest BCUT2D eigenvalue weighted by atomic mass is 9.88. The van der Waals surface area contributed by atoms with E-state index in [1.54, 1.807) is 0 Å². The second-order valence-corrected chi connectivity index (χ2v) is 8.13. The van der Waals surface area contributed by atoms with Crippen molar-refractivity contribution in [1.82, 2.24) is 9.62 Å². The minimum absolute atomic E-state index is 0.110. The molecule has 0 spiro atoms. The average molecular weight is 274 g/mol. The minimum Gasteiger partial charge on any atom is -0.312 e. The van der Waals surface area contributed by atoms with E-state index in [9.17, 15) is 13.2 Å². The van der Waals surface area contributed by atoms with Crippen LogP contribution in [0.15, 0.2) is 0 Å². The molecule has 0 aromatic carbocycles. The molecule has 0 aromatic rings. The molecular formula is C12H22N2O3S. The predicted molar refractivity (Wildman–Crippen MR) is 69.5 cm³/mol. The van der Waals surface area contributed by atoms with E-state index >= 15 is 0 Å². The number of nitrogens with one attached hydrogen (secondary N) is 1. The highest BCUT2D eigenvalue weighted by Gasteiger charge is 2.60. The van der Waals surface area contributed by atoms with Gasteiger partial charge in [-0.1, -0.05) is 13.3 Å². The summed E-state index contributed by atoms with van der Waals surface area (Å²) in [6.07, 6.45) is 3.25. The standard InChI is InChI=1S/C12H22N2O3S/c1-4-9-6-5-7-13-10(9)8-14-11(15)12(2,3)18(14,16)17/h9-10,13H,4-8H2,1-3H3. The number of rotatable bonds is 3. The number of nitrogens with zero attached hydrogens (tertiary/aromatic N) is 1. The van der Waals surface area contributed by atoms with Crippen molar-refractivity contribution < 1.29 is 13.2 Å². The first-order valence-electron chi connectivity index (χ1n) is 6.62. The lowest BCUT2D eigenvalue weighted by Gasteiger charge is -2.46. The molecule has 0 aromatic heterocycles. The van der Waals surface area contributed by atoms with Crippen molar-refractivity contribution in [3.8, 4) is 0 Å². The molecule has 5 nitrogen and oxygen atoms in total. The number of carbonyl (C=O) groups is 1. The summed E-state index contributed by atoms with van der Waals surface area (Å²) in [7, 11) is -3.44. The molecule has 0 aliphatic carbocycles. The van der Waals surface area contributed by atoms with E-state index < -0.39 is 14.8 Å². The van der Waals surface area contributed by atoms with Gasteiger partial charge in [0, 0.05) is 6.04 Å². The van der Waals surface area contributed by atoms with Gasteiger partial charge in [-0.2, -0.15) is 0 Å². The monoisotopic (exact) mass is 274 g/mol. The molecule has 2 aliphatic rings. The highest BCUT2D eigenvalue weighted by atomic mass is 32.2. The van der Waals surface area contributed by atoms with Gasteiger partial charge in [-0.05, 0) is 39.2 Å². The van der Waals surface area contributed by atoms with E-state index in [0.29, 0.717) is 12.5 Å².